The molecule has 1 saturated heterocycles. The summed E-state index contributed by atoms with van der Waals surface area (Å²) in [6.45, 7) is 2.91. The van der Waals surface area contributed by atoms with Crippen LogP contribution in [0.2, 0.25) is 0 Å². The molecular weight excluding hydrogens is 286 g/mol. The summed E-state index contributed by atoms with van der Waals surface area (Å²) >= 11 is 1.78. The van der Waals surface area contributed by atoms with Crippen LogP contribution in [0.1, 0.15) is 37.1 Å². The summed E-state index contributed by atoms with van der Waals surface area (Å²) in [5, 5.41) is 0.0272. The first kappa shape index (κ1) is 16.0. The number of hydrogen-bond acceptors (Lipinski definition) is 4. The van der Waals surface area contributed by atoms with Crippen molar-refractivity contribution in [3.63, 3.8) is 0 Å². The molecule has 116 valence electrons. The van der Waals surface area contributed by atoms with E-state index in [0.29, 0.717) is 6.42 Å². The molecule has 1 aromatic carbocycles. The van der Waals surface area contributed by atoms with Gasteiger partial charge in [0.2, 0.25) is 5.91 Å². The third-order valence-electron chi connectivity index (χ3n) is 3.66. The number of unbranched alkanes of at least 4 members (excludes halogenated alkanes) is 1. The number of methoxy groups -OCH3 is 2. The summed E-state index contributed by atoms with van der Waals surface area (Å²) in [6, 6.07) is 5.76. The van der Waals surface area contributed by atoms with E-state index in [1.54, 1.807) is 26.0 Å². The Bertz CT molecular complexity index is 492. The van der Waals surface area contributed by atoms with Gasteiger partial charge in [0.1, 0.15) is 16.9 Å². The highest BCUT2D eigenvalue weighted by Crippen LogP contribution is 2.43. The lowest BCUT2D eigenvalue weighted by atomic mass is 10.1. The predicted octanol–water partition coefficient (Wildman–Crippen LogP) is 3.47. The van der Waals surface area contributed by atoms with Crippen LogP contribution in [0.4, 0.5) is 0 Å². The van der Waals surface area contributed by atoms with Crippen LogP contribution in [0.3, 0.4) is 0 Å². The Morgan fingerprint density at radius 2 is 2.19 bits per heavy atom. The zero-order valence-electron chi connectivity index (χ0n) is 12.9. The minimum absolute atomic E-state index is 0.0272. The van der Waals surface area contributed by atoms with Gasteiger partial charge in [-0.25, -0.2) is 0 Å². The molecule has 4 nitrogen and oxygen atoms in total. The van der Waals surface area contributed by atoms with E-state index in [2.05, 4.69) is 6.92 Å². The number of amides is 1. The molecule has 0 radical (unpaired) electrons. The van der Waals surface area contributed by atoms with Crippen LogP contribution < -0.4 is 9.47 Å². The van der Waals surface area contributed by atoms with Gasteiger partial charge in [-0.05, 0) is 24.6 Å². The molecule has 5 heteroatoms. The normalized spacial score (nSPS) is 17.9. The van der Waals surface area contributed by atoms with E-state index in [0.717, 1.165) is 42.2 Å². The third kappa shape index (κ3) is 3.64. The molecular formula is C16H23NO3S. The fourth-order valence-electron chi connectivity index (χ4n) is 2.49. The average Bonchev–Trinajstić information content (AvgIpc) is 3.01. The minimum Gasteiger partial charge on any atom is -0.497 e. The lowest BCUT2D eigenvalue weighted by Crippen LogP contribution is -2.30. The van der Waals surface area contributed by atoms with E-state index in [4.69, 9.17) is 9.47 Å². The molecule has 0 bridgehead atoms. The maximum absolute atomic E-state index is 12.4. The highest BCUT2D eigenvalue weighted by Gasteiger charge is 2.32. The summed E-state index contributed by atoms with van der Waals surface area (Å²) < 4.78 is 10.8. The monoisotopic (exact) mass is 309 g/mol. The zero-order valence-corrected chi connectivity index (χ0v) is 13.7. The fraction of sp³-hybridized carbons (Fsp3) is 0.562. The predicted molar refractivity (Wildman–Crippen MR) is 86.0 cm³/mol. The molecule has 0 unspecified atom stereocenters. The van der Waals surface area contributed by atoms with Gasteiger partial charge >= 0.3 is 0 Å². The van der Waals surface area contributed by atoms with Gasteiger partial charge < -0.3 is 14.4 Å². The van der Waals surface area contributed by atoms with E-state index >= 15 is 0 Å². The summed E-state index contributed by atoms with van der Waals surface area (Å²) in [6.07, 6.45) is 2.61. The molecule has 1 fully saturated rings. The molecule has 1 atom stereocenters. The van der Waals surface area contributed by atoms with Gasteiger partial charge in [0.15, 0.2) is 0 Å². The van der Waals surface area contributed by atoms with E-state index < -0.39 is 0 Å². The van der Waals surface area contributed by atoms with Gasteiger partial charge in [-0.3, -0.25) is 4.79 Å². The molecule has 0 saturated carbocycles. The molecule has 1 aromatic rings. The smallest absolute Gasteiger partial charge is 0.223 e. The highest BCUT2D eigenvalue weighted by molar-refractivity contribution is 7.99. The van der Waals surface area contributed by atoms with Crippen molar-refractivity contribution in [2.24, 2.45) is 0 Å². The number of nitrogens with zero attached hydrogens (tertiary/aromatic N) is 1. The number of carbonyl (C=O) groups is 1. The average molecular weight is 309 g/mol. The Labute approximate surface area is 130 Å². The van der Waals surface area contributed by atoms with Gasteiger partial charge in [0.25, 0.3) is 0 Å². The quantitative estimate of drug-likeness (QED) is 0.806. The van der Waals surface area contributed by atoms with Gasteiger partial charge in [-0.2, -0.15) is 0 Å². The number of rotatable bonds is 6. The second-order valence-electron chi connectivity index (χ2n) is 5.02. The zero-order chi connectivity index (χ0) is 15.2. The third-order valence-corrected chi connectivity index (χ3v) is 4.90. The molecule has 1 amide bonds. The molecule has 0 spiro atoms. The van der Waals surface area contributed by atoms with Crippen LogP contribution in [0, 0.1) is 0 Å². The number of thioether (sulfide) groups is 1. The second-order valence-corrected chi connectivity index (χ2v) is 6.21. The maximum Gasteiger partial charge on any atom is 0.223 e. The Morgan fingerprint density at radius 3 is 2.86 bits per heavy atom. The first-order valence-electron chi connectivity index (χ1n) is 7.34. The molecule has 1 aliphatic heterocycles. The van der Waals surface area contributed by atoms with Gasteiger partial charge in [-0.15, -0.1) is 11.8 Å². The van der Waals surface area contributed by atoms with Gasteiger partial charge in [-0.1, -0.05) is 13.3 Å². The SMILES string of the molecule is CCCCC(=O)N1CCS[C@H]1c1cc(OC)ccc1OC. The molecule has 0 N–H and O–H groups in total. The summed E-state index contributed by atoms with van der Waals surface area (Å²) in [7, 11) is 3.31. The second kappa shape index (κ2) is 7.59. The van der Waals surface area contributed by atoms with E-state index in [1.165, 1.54) is 0 Å². The summed E-state index contributed by atoms with van der Waals surface area (Å²) in [4.78, 5) is 14.4. The number of carbonyl (C=O) groups excluding carboxylic acids is 1. The Balaban J connectivity index is 2.24. The van der Waals surface area contributed by atoms with Crippen molar-refractivity contribution in [1.29, 1.82) is 0 Å². The van der Waals surface area contributed by atoms with E-state index in [9.17, 15) is 4.79 Å². The minimum atomic E-state index is 0.0272. The number of benzene rings is 1. The van der Waals surface area contributed by atoms with Crippen molar-refractivity contribution in [1.82, 2.24) is 4.90 Å². The Hall–Kier alpha value is -1.36. The molecule has 0 aromatic heterocycles. The topological polar surface area (TPSA) is 38.8 Å². The largest absolute Gasteiger partial charge is 0.497 e. The van der Waals surface area contributed by atoms with E-state index in [-0.39, 0.29) is 11.3 Å². The first-order chi connectivity index (χ1) is 10.2. The number of hydrogen-bond donors (Lipinski definition) is 0. The van der Waals surface area contributed by atoms with Gasteiger partial charge in [0.05, 0.1) is 14.2 Å². The Morgan fingerprint density at radius 1 is 1.38 bits per heavy atom. The van der Waals surface area contributed by atoms with Crippen molar-refractivity contribution in [2.45, 2.75) is 31.6 Å². The van der Waals surface area contributed by atoms with Crippen molar-refractivity contribution >= 4 is 17.7 Å². The molecule has 1 aliphatic rings. The molecule has 1 heterocycles. The van der Waals surface area contributed by atoms with Crippen LogP contribution >= 0.6 is 11.8 Å². The molecule has 0 aliphatic carbocycles. The van der Waals surface area contributed by atoms with Crippen molar-refractivity contribution in [2.75, 3.05) is 26.5 Å². The lowest BCUT2D eigenvalue weighted by molar-refractivity contribution is -0.131. The first-order valence-corrected chi connectivity index (χ1v) is 8.39. The van der Waals surface area contributed by atoms with Crippen molar-refractivity contribution in [3.8, 4) is 11.5 Å². The lowest BCUT2D eigenvalue weighted by Gasteiger charge is -2.25. The van der Waals surface area contributed by atoms with Crippen LogP contribution in [0.15, 0.2) is 18.2 Å². The maximum atomic E-state index is 12.4. The van der Waals surface area contributed by atoms with Crippen LogP contribution in [-0.2, 0) is 4.79 Å². The van der Waals surface area contributed by atoms with Crippen molar-refractivity contribution in [3.05, 3.63) is 23.8 Å². The van der Waals surface area contributed by atoms with E-state index in [1.807, 2.05) is 23.1 Å². The molecule has 21 heavy (non-hydrogen) atoms. The Kier molecular flexibility index (Phi) is 5.79. The van der Waals surface area contributed by atoms with Crippen LogP contribution in [0.5, 0.6) is 11.5 Å². The summed E-state index contributed by atoms with van der Waals surface area (Å²) in [5.74, 6) is 2.79. The summed E-state index contributed by atoms with van der Waals surface area (Å²) in [5.41, 5.74) is 1.02. The van der Waals surface area contributed by atoms with Crippen LogP contribution in [0.25, 0.3) is 0 Å². The van der Waals surface area contributed by atoms with Crippen LogP contribution in [-0.4, -0.2) is 37.3 Å². The molecule has 2 rings (SSSR count). The highest BCUT2D eigenvalue weighted by atomic mass is 32.2. The number of ether oxygens (including phenoxy) is 2. The van der Waals surface area contributed by atoms with Crippen molar-refractivity contribution < 1.29 is 14.3 Å². The fourth-order valence-corrected chi connectivity index (χ4v) is 3.78. The van der Waals surface area contributed by atoms with Gasteiger partial charge in [0, 0.05) is 24.3 Å². The standard InChI is InChI=1S/C16H23NO3S/c1-4-5-6-15(18)17-9-10-21-16(17)13-11-12(19-2)7-8-14(13)20-3/h7-8,11,16H,4-6,9-10H2,1-3H3/t16-/m0/s1.